The fraction of sp³-hybridized carbons (Fsp3) is 0.667. The van der Waals surface area contributed by atoms with E-state index in [1.165, 1.54) is 0 Å². The van der Waals surface area contributed by atoms with E-state index in [4.69, 9.17) is 10.2 Å². The lowest BCUT2D eigenvalue weighted by atomic mass is 9.70. The first-order valence-corrected chi connectivity index (χ1v) is 6.51. The minimum Gasteiger partial charge on any atom is -0.453 e. The maximum absolute atomic E-state index is 9.58. The van der Waals surface area contributed by atoms with Crippen LogP contribution in [0.25, 0.3) is 0 Å². The largest absolute Gasteiger partial charge is 0.453 e. The highest BCUT2D eigenvalue weighted by molar-refractivity contribution is 9.10. The summed E-state index contributed by atoms with van der Waals surface area (Å²) in [7, 11) is 0. The Labute approximate surface area is 104 Å². The summed E-state index contributed by atoms with van der Waals surface area (Å²) in [5.41, 5.74) is 7.01. The predicted octanol–water partition coefficient (Wildman–Crippen LogP) is 2.48. The van der Waals surface area contributed by atoms with E-state index in [1.54, 1.807) is 0 Å². The monoisotopic (exact) mass is 287 g/mol. The van der Waals surface area contributed by atoms with Gasteiger partial charge < -0.3 is 15.3 Å². The molecule has 1 saturated carbocycles. The summed E-state index contributed by atoms with van der Waals surface area (Å²) < 4.78 is 6.50. The fourth-order valence-electron chi connectivity index (χ4n) is 2.65. The van der Waals surface area contributed by atoms with Gasteiger partial charge in [-0.15, -0.1) is 0 Å². The van der Waals surface area contributed by atoms with E-state index in [1.807, 2.05) is 13.0 Å². The molecule has 4 heteroatoms. The summed E-state index contributed by atoms with van der Waals surface area (Å²) in [5.74, 6) is 0.994. The first kappa shape index (κ1) is 12.1. The molecule has 0 aliphatic heterocycles. The number of nitrogens with two attached hydrogens (primary N) is 1. The second-order valence-electron chi connectivity index (χ2n) is 4.78. The Kier molecular flexibility index (Phi) is 3.42. The predicted molar refractivity (Wildman–Crippen MR) is 66.4 cm³/mol. The standard InChI is InChI=1S/C12H18BrNO2/c1-8-6-10(13)16-11(8)12(7-14)4-2-9(15)3-5-12/h6,9,15H,2-5,7,14H2,1H3. The topological polar surface area (TPSA) is 59.4 Å². The van der Waals surface area contributed by atoms with Gasteiger partial charge in [0.1, 0.15) is 5.76 Å². The average molecular weight is 288 g/mol. The normalized spacial score (nSPS) is 30.6. The minimum atomic E-state index is -0.168. The van der Waals surface area contributed by atoms with Gasteiger partial charge in [-0.05, 0) is 60.2 Å². The quantitative estimate of drug-likeness (QED) is 0.879. The van der Waals surface area contributed by atoms with E-state index in [9.17, 15) is 5.11 Å². The number of hydrogen-bond acceptors (Lipinski definition) is 3. The van der Waals surface area contributed by atoms with Crippen LogP contribution in [0.15, 0.2) is 15.2 Å². The maximum Gasteiger partial charge on any atom is 0.169 e. The first-order chi connectivity index (χ1) is 7.57. The molecule has 1 aliphatic rings. The molecule has 16 heavy (non-hydrogen) atoms. The molecule has 1 aliphatic carbocycles. The van der Waals surface area contributed by atoms with Crippen molar-refractivity contribution in [1.29, 1.82) is 0 Å². The highest BCUT2D eigenvalue weighted by Gasteiger charge is 2.39. The Balaban J connectivity index is 2.31. The highest BCUT2D eigenvalue weighted by atomic mass is 79.9. The van der Waals surface area contributed by atoms with Crippen LogP contribution in [0, 0.1) is 6.92 Å². The summed E-state index contributed by atoms with van der Waals surface area (Å²) in [6, 6.07) is 1.98. The average Bonchev–Trinajstić information content (AvgIpc) is 2.60. The van der Waals surface area contributed by atoms with Gasteiger partial charge in [0.05, 0.1) is 6.10 Å². The van der Waals surface area contributed by atoms with Crippen molar-refractivity contribution in [3.63, 3.8) is 0 Å². The molecular weight excluding hydrogens is 270 g/mol. The number of rotatable bonds is 2. The Morgan fingerprint density at radius 1 is 1.56 bits per heavy atom. The van der Waals surface area contributed by atoms with Crippen LogP contribution in [-0.2, 0) is 5.41 Å². The molecule has 0 saturated heterocycles. The Bertz CT molecular complexity index is 367. The van der Waals surface area contributed by atoms with Crippen molar-refractivity contribution in [1.82, 2.24) is 0 Å². The Morgan fingerprint density at radius 2 is 2.19 bits per heavy atom. The van der Waals surface area contributed by atoms with Gasteiger partial charge in [-0.3, -0.25) is 0 Å². The third-order valence-electron chi connectivity index (χ3n) is 3.67. The first-order valence-electron chi connectivity index (χ1n) is 5.72. The number of aliphatic hydroxyl groups is 1. The Hall–Kier alpha value is -0.320. The van der Waals surface area contributed by atoms with Crippen molar-refractivity contribution in [3.05, 3.63) is 22.1 Å². The van der Waals surface area contributed by atoms with Gasteiger partial charge in [0.25, 0.3) is 0 Å². The van der Waals surface area contributed by atoms with Crippen LogP contribution in [0.1, 0.15) is 37.0 Å². The van der Waals surface area contributed by atoms with Crippen molar-refractivity contribution in [2.45, 2.75) is 44.1 Å². The number of aryl methyl sites for hydroxylation is 1. The summed E-state index contributed by atoms with van der Waals surface area (Å²) in [6.45, 7) is 2.63. The van der Waals surface area contributed by atoms with Gasteiger partial charge in [-0.25, -0.2) is 0 Å². The molecule has 0 spiro atoms. The van der Waals surface area contributed by atoms with Gasteiger partial charge in [0, 0.05) is 12.0 Å². The molecular formula is C12H18BrNO2. The lowest BCUT2D eigenvalue weighted by molar-refractivity contribution is 0.0894. The summed E-state index contributed by atoms with van der Waals surface area (Å²) in [5, 5.41) is 9.58. The van der Waals surface area contributed by atoms with Crippen LogP contribution in [0.4, 0.5) is 0 Å². The van der Waals surface area contributed by atoms with Gasteiger partial charge >= 0.3 is 0 Å². The lowest BCUT2D eigenvalue weighted by Crippen LogP contribution is -2.40. The third kappa shape index (κ3) is 2.06. The van der Waals surface area contributed by atoms with Crippen LogP contribution in [-0.4, -0.2) is 17.8 Å². The highest BCUT2D eigenvalue weighted by Crippen LogP contribution is 2.41. The molecule has 1 aromatic rings. The molecule has 3 N–H and O–H groups in total. The van der Waals surface area contributed by atoms with Crippen molar-refractivity contribution in [2.24, 2.45) is 5.73 Å². The van der Waals surface area contributed by atoms with Crippen LogP contribution < -0.4 is 5.73 Å². The zero-order chi connectivity index (χ0) is 11.8. The van der Waals surface area contributed by atoms with E-state index < -0.39 is 0 Å². The molecule has 0 amide bonds. The number of furan rings is 1. The van der Waals surface area contributed by atoms with E-state index in [0.29, 0.717) is 6.54 Å². The molecule has 0 atom stereocenters. The van der Waals surface area contributed by atoms with E-state index in [2.05, 4.69) is 15.9 Å². The summed E-state index contributed by atoms with van der Waals surface area (Å²) >= 11 is 3.36. The smallest absolute Gasteiger partial charge is 0.169 e. The molecule has 1 fully saturated rings. The molecule has 1 aromatic heterocycles. The van der Waals surface area contributed by atoms with Gasteiger partial charge in [0.15, 0.2) is 4.67 Å². The zero-order valence-corrected chi connectivity index (χ0v) is 11.1. The summed E-state index contributed by atoms with van der Waals surface area (Å²) in [4.78, 5) is 0. The van der Waals surface area contributed by atoms with Crippen molar-refractivity contribution in [3.8, 4) is 0 Å². The van der Waals surface area contributed by atoms with E-state index >= 15 is 0 Å². The minimum absolute atomic E-state index is 0.0741. The molecule has 0 bridgehead atoms. The zero-order valence-electron chi connectivity index (χ0n) is 9.50. The second kappa shape index (κ2) is 4.51. The van der Waals surface area contributed by atoms with Crippen molar-refractivity contribution < 1.29 is 9.52 Å². The number of hydrogen-bond donors (Lipinski definition) is 2. The van der Waals surface area contributed by atoms with Crippen LogP contribution in [0.2, 0.25) is 0 Å². The molecule has 2 rings (SSSR count). The molecule has 0 unspecified atom stereocenters. The van der Waals surface area contributed by atoms with Gasteiger partial charge in [-0.1, -0.05) is 0 Å². The third-order valence-corrected chi connectivity index (χ3v) is 4.06. The summed E-state index contributed by atoms with van der Waals surface area (Å²) in [6.07, 6.45) is 3.28. The molecule has 0 aromatic carbocycles. The fourth-order valence-corrected chi connectivity index (χ4v) is 3.15. The SMILES string of the molecule is Cc1cc(Br)oc1C1(CN)CCC(O)CC1. The van der Waals surface area contributed by atoms with E-state index in [0.717, 1.165) is 41.7 Å². The van der Waals surface area contributed by atoms with Gasteiger partial charge in [-0.2, -0.15) is 0 Å². The molecule has 1 heterocycles. The van der Waals surface area contributed by atoms with Gasteiger partial charge in [0.2, 0.25) is 0 Å². The Morgan fingerprint density at radius 3 is 2.62 bits per heavy atom. The van der Waals surface area contributed by atoms with Crippen molar-refractivity contribution >= 4 is 15.9 Å². The van der Waals surface area contributed by atoms with Crippen molar-refractivity contribution in [2.75, 3.05) is 6.54 Å². The van der Waals surface area contributed by atoms with E-state index in [-0.39, 0.29) is 11.5 Å². The molecule has 0 radical (unpaired) electrons. The van der Waals surface area contributed by atoms with Crippen LogP contribution in [0.3, 0.4) is 0 Å². The van der Waals surface area contributed by atoms with Crippen LogP contribution in [0.5, 0.6) is 0 Å². The maximum atomic E-state index is 9.58. The number of aliphatic hydroxyl groups excluding tert-OH is 1. The number of halogens is 1. The lowest BCUT2D eigenvalue weighted by Gasteiger charge is -2.36. The molecule has 90 valence electrons. The van der Waals surface area contributed by atoms with Crippen LogP contribution >= 0.6 is 15.9 Å². The molecule has 3 nitrogen and oxygen atoms in total. The second-order valence-corrected chi connectivity index (χ2v) is 5.56.